The van der Waals surface area contributed by atoms with E-state index in [0.717, 1.165) is 34.9 Å². The van der Waals surface area contributed by atoms with Crippen molar-refractivity contribution in [3.63, 3.8) is 0 Å². The Labute approximate surface area is 171 Å². The molecule has 0 aliphatic carbocycles. The van der Waals surface area contributed by atoms with Gasteiger partial charge in [-0.05, 0) is 48.7 Å². The van der Waals surface area contributed by atoms with Crippen LogP contribution in [0.2, 0.25) is 5.02 Å². The third kappa shape index (κ3) is 7.88. The number of halogens is 1. The maximum Gasteiger partial charge on any atom is 0.242 e. The quantitative estimate of drug-likeness (QED) is 0.445. The SMILES string of the molecule is CCNC(=NCC(=O)NCc1ccc(OC)cc1)NCCc1cccc(Cl)c1. The van der Waals surface area contributed by atoms with Gasteiger partial charge in [0.2, 0.25) is 5.91 Å². The van der Waals surface area contributed by atoms with E-state index in [1.807, 2.05) is 55.5 Å². The molecular weight excluding hydrogens is 376 g/mol. The van der Waals surface area contributed by atoms with E-state index in [0.29, 0.717) is 19.0 Å². The molecule has 0 unspecified atom stereocenters. The molecule has 7 heteroatoms. The second kappa shape index (κ2) is 11.9. The van der Waals surface area contributed by atoms with Gasteiger partial charge in [0, 0.05) is 24.7 Å². The number of methoxy groups -OCH3 is 1. The molecule has 150 valence electrons. The number of carbonyl (C=O) groups excluding carboxylic acids is 1. The molecule has 2 rings (SSSR count). The highest BCUT2D eigenvalue weighted by Crippen LogP contribution is 2.11. The number of guanidine groups is 1. The summed E-state index contributed by atoms with van der Waals surface area (Å²) >= 11 is 6.00. The van der Waals surface area contributed by atoms with Gasteiger partial charge >= 0.3 is 0 Å². The molecule has 0 fully saturated rings. The van der Waals surface area contributed by atoms with Gasteiger partial charge in [-0.1, -0.05) is 35.9 Å². The van der Waals surface area contributed by atoms with Gasteiger partial charge < -0.3 is 20.7 Å². The van der Waals surface area contributed by atoms with Gasteiger partial charge in [0.15, 0.2) is 5.96 Å². The summed E-state index contributed by atoms with van der Waals surface area (Å²) in [5.74, 6) is 1.27. The first-order valence-corrected chi connectivity index (χ1v) is 9.64. The standard InChI is InChI=1S/C21H27ClN4O2/c1-3-23-21(24-12-11-16-5-4-6-18(22)13-16)26-15-20(27)25-14-17-7-9-19(28-2)10-8-17/h4-10,13H,3,11-12,14-15H2,1-2H3,(H,25,27)(H2,23,24,26). The number of nitrogens with zero attached hydrogens (tertiary/aromatic N) is 1. The number of rotatable bonds is 9. The molecule has 0 saturated heterocycles. The summed E-state index contributed by atoms with van der Waals surface area (Å²) in [5, 5.41) is 9.97. The Bertz CT molecular complexity index is 778. The highest BCUT2D eigenvalue weighted by Gasteiger charge is 2.03. The van der Waals surface area contributed by atoms with E-state index in [1.54, 1.807) is 7.11 Å². The summed E-state index contributed by atoms with van der Waals surface area (Å²) < 4.78 is 5.12. The maximum absolute atomic E-state index is 12.1. The molecule has 6 nitrogen and oxygen atoms in total. The van der Waals surface area contributed by atoms with Gasteiger partial charge in [0.1, 0.15) is 12.3 Å². The second-order valence-corrected chi connectivity index (χ2v) is 6.56. The molecule has 0 saturated carbocycles. The number of hydrogen-bond donors (Lipinski definition) is 3. The molecule has 0 aromatic heterocycles. The minimum Gasteiger partial charge on any atom is -0.497 e. The molecule has 0 atom stereocenters. The van der Waals surface area contributed by atoms with E-state index < -0.39 is 0 Å². The third-order valence-corrected chi connectivity index (χ3v) is 4.20. The van der Waals surface area contributed by atoms with Crippen LogP contribution in [0, 0.1) is 0 Å². The second-order valence-electron chi connectivity index (χ2n) is 6.13. The number of benzene rings is 2. The van der Waals surface area contributed by atoms with Gasteiger partial charge in [0.25, 0.3) is 0 Å². The number of nitrogens with one attached hydrogen (secondary N) is 3. The van der Waals surface area contributed by atoms with Crippen molar-refractivity contribution in [2.45, 2.75) is 19.9 Å². The van der Waals surface area contributed by atoms with Crippen LogP contribution in [-0.2, 0) is 17.8 Å². The molecule has 2 aromatic rings. The fraction of sp³-hybridized carbons (Fsp3) is 0.333. The van der Waals surface area contributed by atoms with Crippen molar-refractivity contribution < 1.29 is 9.53 Å². The van der Waals surface area contributed by atoms with Crippen molar-refractivity contribution in [2.75, 3.05) is 26.7 Å². The van der Waals surface area contributed by atoms with Crippen molar-refractivity contribution >= 4 is 23.5 Å². The van der Waals surface area contributed by atoms with Crippen LogP contribution in [0.4, 0.5) is 0 Å². The zero-order valence-electron chi connectivity index (χ0n) is 16.3. The Morgan fingerprint density at radius 2 is 1.86 bits per heavy atom. The predicted octanol–water partition coefficient (Wildman–Crippen LogP) is 2.76. The number of amides is 1. The number of aliphatic imine (C=N–C) groups is 1. The van der Waals surface area contributed by atoms with Crippen molar-refractivity contribution in [1.82, 2.24) is 16.0 Å². The molecule has 3 N–H and O–H groups in total. The van der Waals surface area contributed by atoms with Crippen molar-refractivity contribution in [3.8, 4) is 5.75 Å². The number of carbonyl (C=O) groups is 1. The summed E-state index contributed by atoms with van der Waals surface area (Å²) in [4.78, 5) is 16.4. The Hall–Kier alpha value is -2.73. The van der Waals surface area contributed by atoms with Gasteiger partial charge in [-0.15, -0.1) is 0 Å². The van der Waals surface area contributed by atoms with Crippen LogP contribution >= 0.6 is 11.6 Å². The summed E-state index contributed by atoms with van der Waals surface area (Å²) in [6, 6.07) is 15.3. The van der Waals surface area contributed by atoms with Crippen LogP contribution in [0.25, 0.3) is 0 Å². The zero-order valence-corrected chi connectivity index (χ0v) is 17.1. The molecular formula is C21H27ClN4O2. The molecule has 1 amide bonds. The lowest BCUT2D eigenvalue weighted by Gasteiger charge is -2.11. The van der Waals surface area contributed by atoms with E-state index in [1.165, 1.54) is 0 Å². The topological polar surface area (TPSA) is 74.8 Å². The van der Waals surface area contributed by atoms with Crippen LogP contribution in [0.3, 0.4) is 0 Å². The van der Waals surface area contributed by atoms with Crippen LogP contribution in [0.1, 0.15) is 18.1 Å². The predicted molar refractivity (Wildman–Crippen MR) is 114 cm³/mol. The van der Waals surface area contributed by atoms with Gasteiger partial charge in [-0.25, -0.2) is 4.99 Å². The van der Waals surface area contributed by atoms with Crippen molar-refractivity contribution in [2.24, 2.45) is 4.99 Å². The Balaban J connectivity index is 1.77. The van der Waals surface area contributed by atoms with E-state index in [2.05, 4.69) is 20.9 Å². The van der Waals surface area contributed by atoms with Crippen LogP contribution in [0.15, 0.2) is 53.5 Å². The molecule has 0 bridgehead atoms. The highest BCUT2D eigenvalue weighted by atomic mass is 35.5. The molecule has 0 spiro atoms. The minimum absolute atomic E-state index is 0.0582. The van der Waals surface area contributed by atoms with E-state index >= 15 is 0 Å². The van der Waals surface area contributed by atoms with Crippen molar-refractivity contribution in [3.05, 3.63) is 64.7 Å². The molecule has 0 radical (unpaired) electrons. The lowest BCUT2D eigenvalue weighted by Crippen LogP contribution is -2.39. The average molecular weight is 403 g/mol. The zero-order chi connectivity index (χ0) is 20.2. The molecule has 0 aliphatic heterocycles. The van der Waals surface area contributed by atoms with E-state index in [4.69, 9.17) is 16.3 Å². The van der Waals surface area contributed by atoms with Gasteiger partial charge in [0.05, 0.1) is 7.11 Å². The summed E-state index contributed by atoms with van der Waals surface area (Å²) in [6.07, 6.45) is 0.814. The largest absolute Gasteiger partial charge is 0.497 e. The Morgan fingerprint density at radius 1 is 1.07 bits per heavy atom. The van der Waals surface area contributed by atoms with E-state index in [9.17, 15) is 4.79 Å². The van der Waals surface area contributed by atoms with Crippen LogP contribution in [-0.4, -0.2) is 38.6 Å². The molecule has 0 heterocycles. The minimum atomic E-state index is -0.136. The average Bonchev–Trinajstić information content (AvgIpc) is 2.71. The highest BCUT2D eigenvalue weighted by molar-refractivity contribution is 6.30. The summed E-state index contributed by atoms with van der Waals surface area (Å²) in [6.45, 7) is 3.91. The lowest BCUT2D eigenvalue weighted by molar-refractivity contribution is -0.119. The fourth-order valence-corrected chi connectivity index (χ4v) is 2.72. The van der Waals surface area contributed by atoms with Crippen LogP contribution < -0.4 is 20.7 Å². The smallest absolute Gasteiger partial charge is 0.242 e. The normalized spacial score (nSPS) is 11.0. The lowest BCUT2D eigenvalue weighted by atomic mass is 10.1. The Morgan fingerprint density at radius 3 is 2.54 bits per heavy atom. The molecule has 2 aromatic carbocycles. The first-order chi connectivity index (χ1) is 13.6. The van der Waals surface area contributed by atoms with Gasteiger partial charge in [-0.2, -0.15) is 0 Å². The summed E-state index contributed by atoms with van der Waals surface area (Å²) in [7, 11) is 1.62. The number of ether oxygens (including phenoxy) is 1. The Kier molecular flexibility index (Phi) is 9.15. The maximum atomic E-state index is 12.1. The first-order valence-electron chi connectivity index (χ1n) is 9.27. The first kappa shape index (κ1) is 21.6. The fourth-order valence-electron chi connectivity index (χ4n) is 2.51. The molecule has 0 aliphatic rings. The van der Waals surface area contributed by atoms with Crippen molar-refractivity contribution in [1.29, 1.82) is 0 Å². The number of hydrogen-bond acceptors (Lipinski definition) is 3. The van der Waals surface area contributed by atoms with Gasteiger partial charge in [-0.3, -0.25) is 4.79 Å². The molecule has 28 heavy (non-hydrogen) atoms. The van der Waals surface area contributed by atoms with Crippen LogP contribution in [0.5, 0.6) is 5.75 Å². The third-order valence-electron chi connectivity index (χ3n) is 3.97. The summed E-state index contributed by atoms with van der Waals surface area (Å²) in [5.41, 5.74) is 2.15. The van der Waals surface area contributed by atoms with E-state index in [-0.39, 0.29) is 12.5 Å². The monoisotopic (exact) mass is 402 g/mol.